The molecule has 2 aliphatic rings. The highest BCUT2D eigenvalue weighted by molar-refractivity contribution is 6.22. The Morgan fingerprint density at radius 1 is 1.07 bits per heavy atom. The Hall–Kier alpha value is -3.15. The van der Waals surface area contributed by atoms with Crippen molar-refractivity contribution in [1.82, 2.24) is 0 Å². The van der Waals surface area contributed by atoms with Gasteiger partial charge >= 0.3 is 5.97 Å². The van der Waals surface area contributed by atoms with Crippen LogP contribution in [0.3, 0.4) is 0 Å². The van der Waals surface area contributed by atoms with Crippen molar-refractivity contribution in [3.8, 4) is 5.75 Å². The van der Waals surface area contributed by atoms with Crippen LogP contribution >= 0.6 is 0 Å². The molecule has 0 N–H and O–H groups in total. The van der Waals surface area contributed by atoms with E-state index in [-0.39, 0.29) is 11.7 Å². The molecule has 0 bridgehead atoms. The second-order valence-corrected chi connectivity index (χ2v) is 6.82. The van der Waals surface area contributed by atoms with Crippen molar-refractivity contribution < 1.29 is 23.9 Å². The van der Waals surface area contributed by atoms with Crippen molar-refractivity contribution in [3.63, 3.8) is 0 Å². The summed E-state index contributed by atoms with van der Waals surface area (Å²) in [5, 5.41) is 0. The molecule has 1 saturated heterocycles. The largest absolute Gasteiger partial charge is 0.496 e. The van der Waals surface area contributed by atoms with Gasteiger partial charge < -0.3 is 14.4 Å². The second kappa shape index (κ2) is 6.23. The van der Waals surface area contributed by atoms with E-state index in [1.165, 1.54) is 7.11 Å². The fourth-order valence-corrected chi connectivity index (χ4v) is 4.08. The molecule has 0 saturated carbocycles. The fraction of sp³-hybridized carbons (Fsp3) is 0.286. The van der Waals surface area contributed by atoms with Crippen LogP contribution in [0.15, 0.2) is 42.5 Å². The number of rotatable bonds is 3. The van der Waals surface area contributed by atoms with E-state index >= 15 is 0 Å². The Balaban J connectivity index is 1.65. The molecule has 4 rings (SSSR count). The number of fused-ring (bicyclic) bond motifs is 1. The van der Waals surface area contributed by atoms with Crippen LogP contribution in [0, 0.1) is 5.41 Å². The lowest BCUT2D eigenvalue weighted by atomic mass is 9.82. The van der Waals surface area contributed by atoms with E-state index in [1.54, 1.807) is 48.4 Å². The number of ketones is 1. The number of hydrogen-bond donors (Lipinski definition) is 0. The van der Waals surface area contributed by atoms with Crippen LogP contribution < -0.4 is 9.64 Å². The number of Topliss-reactive ketones (excluding diaryl/α,β-unsaturated/α-hetero) is 1. The van der Waals surface area contributed by atoms with E-state index in [9.17, 15) is 14.4 Å². The number of ether oxygens (including phenoxy) is 2. The first kappa shape index (κ1) is 17.3. The first-order chi connectivity index (χ1) is 13.0. The third kappa shape index (κ3) is 2.44. The minimum atomic E-state index is -1.06. The molecule has 2 aromatic carbocycles. The van der Waals surface area contributed by atoms with Crippen LogP contribution in [0.2, 0.25) is 0 Å². The highest BCUT2D eigenvalue weighted by Gasteiger charge is 2.57. The van der Waals surface area contributed by atoms with Gasteiger partial charge in [-0.05, 0) is 43.2 Å². The average molecular weight is 365 g/mol. The number of carbonyl (C=O) groups is 3. The van der Waals surface area contributed by atoms with E-state index in [4.69, 9.17) is 9.47 Å². The van der Waals surface area contributed by atoms with Crippen molar-refractivity contribution in [2.75, 3.05) is 25.7 Å². The minimum absolute atomic E-state index is 0.130. The first-order valence-corrected chi connectivity index (χ1v) is 8.73. The van der Waals surface area contributed by atoms with E-state index in [1.807, 2.05) is 6.07 Å². The summed E-state index contributed by atoms with van der Waals surface area (Å²) in [7, 11) is 2.89. The van der Waals surface area contributed by atoms with Crippen LogP contribution in [0.5, 0.6) is 5.75 Å². The molecule has 1 heterocycles. The summed E-state index contributed by atoms with van der Waals surface area (Å²) < 4.78 is 10.1. The monoisotopic (exact) mass is 365 g/mol. The average Bonchev–Trinajstić information content (AvgIpc) is 3.19. The molecule has 138 valence electrons. The van der Waals surface area contributed by atoms with Crippen molar-refractivity contribution in [3.05, 3.63) is 59.2 Å². The van der Waals surface area contributed by atoms with E-state index in [0.29, 0.717) is 42.0 Å². The summed E-state index contributed by atoms with van der Waals surface area (Å²) in [5.74, 6) is -0.114. The van der Waals surface area contributed by atoms with Crippen LogP contribution in [0.4, 0.5) is 5.69 Å². The molecule has 27 heavy (non-hydrogen) atoms. The number of amides is 1. The molecule has 0 radical (unpaired) electrons. The lowest BCUT2D eigenvalue weighted by Crippen LogP contribution is -2.39. The quantitative estimate of drug-likeness (QED) is 0.618. The van der Waals surface area contributed by atoms with Gasteiger partial charge in [0.2, 0.25) is 5.91 Å². The highest BCUT2D eigenvalue weighted by Crippen LogP contribution is 2.48. The number of hydrogen-bond acceptors (Lipinski definition) is 5. The molecule has 6 nitrogen and oxygen atoms in total. The number of carbonyl (C=O) groups excluding carboxylic acids is 3. The smallest absolute Gasteiger partial charge is 0.337 e. The maximum Gasteiger partial charge on any atom is 0.337 e. The topological polar surface area (TPSA) is 72.9 Å². The van der Waals surface area contributed by atoms with Crippen LogP contribution in [0.1, 0.15) is 32.7 Å². The summed E-state index contributed by atoms with van der Waals surface area (Å²) in [6.45, 7) is 0.457. The molecule has 0 aromatic heterocycles. The lowest BCUT2D eigenvalue weighted by molar-refractivity contribution is -0.123. The van der Waals surface area contributed by atoms with E-state index in [0.717, 1.165) is 5.56 Å². The van der Waals surface area contributed by atoms with Gasteiger partial charge in [0.05, 0.1) is 19.8 Å². The molecule has 1 atom stereocenters. The maximum absolute atomic E-state index is 13.3. The van der Waals surface area contributed by atoms with Crippen LogP contribution in [0.25, 0.3) is 0 Å². The summed E-state index contributed by atoms with van der Waals surface area (Å²) >= 11 is 0. The van der Waals surface area contributed by atoms with E-state index < -0.39 is 11.4 Å². The third-order valence-corrected chi connectivity index (χ3v) is 5.53. The number of benzene rings is 2. The van der Waals surface area contributed by atoms with Gasteiger partial charge in [0.15, 0.2) is 5.78 Å². The van der Waals surface area contributed by atoms with Crippen molar-refractivity contribution >= 4 is 23.3 Å². The zero-order chi connectivity index (χ0) is 19.2. The van der Waals surface area contributed by atoms with Gasteiger partial charge in [-0.1, -0.05) is 12.1 Å². The van der Waals surface area contributed by atoms with Gasteiger partial charge in [0, 0.05) is 23.4 Å². The number of anilines is 1. The van der Waals surface area contributed by atoms with E-state index in [2.05, 4.69) is 0 Å². The molecule has 6 heteroatoms. The summed E-state index contributed by atoms with van der Waals surface area (Å²) in [6.07, 6.45) is 0.821. The Kier molecular flexibility index (Phi) is 3.98. The molecule has 1 spiro atoms. The molecular weight excluding hydrogens is 346 g/mol. The SMILES string of the molecule is COC(=O)c1ccc(N2CCC3(Cc4c(OC)cccc4C3=O)C2=O)cc1. The predicted molar refractivity (Wildman–Crippen MR) is 98.2 cm³/mol. The zero-order valence-corrected chi connectivity index (χ0v) is 15.2. The standard InChI is InChI=1S/C21H19NO5/c1-26-17-5-3-4-15-16(17)12-21(18(15)23)10-11-22(20(21)25)14-8-6-13(7-9-14)19(24)27-2/h3-9H,10-12H2,1-2H3. The zero-order valence-electron chi connectivity index (χ0n) is 15.2. The van der Waals surface area contributed by atoms with Crippen molar-refractivity contribution in [2.45, 2.75) is 12.8 Å². The van der Waals surface area contributed by atoms with Gasteiger partial charge in [-0.2, -0.15) is 0 Å². The number of methoxy groups -OCH3 is 2. The molecule has 1 fully saturated rings. The van der Waals surface area contributed by atoms with Crippen LogP contribution in [-0.2, 0) is 16.0 Å². The van der Waals surface area contributed by atoms with Gasteiger partial charge in [-0.15, -0.1) is 0 Å². The molecule has 1 amide bonds. The van der Waals surface area contributed by atoms with Gasteiger partial charge in [0.25, 0.3) is 0 Å². The van der Waals surface area contributed by atoms with Crippen molar-refractivity contribution in [1.29, 1.82) is 0 Å². The predicted octanol–water partition coefficient (Wildman–Crippen LogP) is 2.64. The molecule has 1 aliphatic heterocycles. The summed E-state index contributed by atoms with van der Waals surface area (Å²) in [5.41, 5.74) is 1.40. The fourth-order valence-electron chi connectivity index (χ4n) is 4.08. The Morgan fingerprint density at radius 3 is 2.48 bits per heavy atom. The summed E-state index contributed by atoms with van der Waals surface area (Å²) in [4.78, 5) is 39.6. The molecular formula is C21H19NO5. The molecule has 1 unspecified atom stereocenters. The summed E-state index contributed by atoms with van der Waals surface area (Å²) in [6, 6.07) is 12.0. The van der Waals surface area contributed by atoms with Gasteiger partial charge in [-0.3, -0.25) is 9.59 Å². The first-order valence-electron chi connectivity index (χ1n) is 8.73. The van der Waals surface area contributed by atoms with Gasteiger partial charge in [-0.25, -0.2) is 4.79 Å². The Bertz CT molecular complexity index is 950. The highest BCUT2D eigenvalue weighted by atomic mass is 16.5. The Labute approximate surface area is 156 Å². The van der Waals surface area contributed by atoms with Crippen LogP contribution in [-0.4, -0.2) is 38.4 Å². The Morgan fingerprint density at radius 2 is 1.81 bits per heavy atom. The lowest BCUT2D eigenvalue weighted by Gasteiger charge is -2.21. The second-order valence-electron chi connectivity index (χ2n) is 6.82. The van der Waals surface area contributed by atoms with Crippen molar-refractivity contribution in [2.24, 2.45) is 5.41 Å². The van der Waals surface area contributed by atoms with Gasteiger partial charge in [0.1, 0.15) is 11.2 Å². The molecule has 2 aromatic rings. The molecule has 1 aliphatic carbocycles. The minimum Gasteiger partial charge on any atom is -0.496 e. The normalized spacial score (nSPS) is 20.9. The number of nitrogens with zero attached hydrogens (tertiary/aromatic N) is 1. The maximum atomic E-state index is 13.3. The number of esters is 1. The third-order valence-electron chi connectivity index (χ3n) is 5.53.